The maximum atomic E-state index is 10.6. The summed E-state index contributed by atoms with van der Waals surface area (Å²) >= 11 is 0. The molecule has 8 nitrogen and oxygen atoms in total. The van der Waals surface area contributed by atoms with Crippen molar-refractivity contribution in [3.63, 3.8) is 0 Å². The molecule has 0 radical (unpaired) electrons. The first-order valence-corrected chi connectivity index (χ1v) is 5.01. The molecule has 2 aromatic rings. The average Bonchev–Trinajstić information content (AvgIpc) is 2.89. The molecule has 0 bridgehead atoms. The number of aromatic nitrogens is 5. The summed E-state index contributed by atoms with van der Waals surface area (Å²) in [7, 11) is 1.88. The number of nitrogens with zero attached hydrogens (tertiary/aromatic N) is 5. The Kier molecular flexibility index (Phi) is 3.03. The van der Waals surface area contributed by atoms with Crippen molar-refractivity contribution < 1.29 is 9.90 Å². The zero-order valence-corrected chi connectivity index (χ0v) is 9.24. The minimum absolute atomic E-state index is 0.0537. The van der Waals surface area contributed by atoms with Gasteiger partial charge in [0.05, 0.1) is 12.7 Å². The van der Waals surface area contributed by atoms with Gasteiger partial charge in [-0.3, -0.25) is 0 Å². The SMILES string of the molecule is Cn1ccnc1NCCn1cc(C(=O)O)nn1. The van der Waals surface area contributed by atoms with E-state index in [1.165, 1.54) is 10.9 Å². The van der Waals surface area contributed by atoms with E-state index in [1.807, 2.05) is 17.8 Å². The third-order valence-corrected chi connectivity index (χ3v) is 2.20. The van der Waals surface area contributed by atoms with E-state index >= 15 is 0 Å². The first-order chi connectivity index (χ1) is 8.16. The molecule has 2 aromatic heterocycles. The van der Waals surface area contributed by atoms with Crippen LogP contribution in [0.5, 0.6) is 0 Å². The predicted octanol–water partition coefficient (Wildman–Crippen LogP) is -0.178. The minimum Gasteiger partial charge on any atom is -0.476 e. The first kappa shape index (κ1) is 11.1. The number of anilines is 1. The molecule has 0 saturated carbocycles. The van der Waals surface area contributed by atoms with Crippen LogP contribution in [0.1, 0.15) is 10.5 Å². The van der Waals surface area contributed by atoms with Gasteiger partial charge in [0.25, 0.3) is 0 Å². The van der Waals surface area contributed by atoms with E-state index in [2.05, 4.69) is 20.6 Å². The number of carboxylic acids is 1. The lowest BCUT2D eigenvalue weighted by Gasteiger charge is -2.04. The maximum Gasteiger partial charge on any atom is 0.358 e. The van der Waals surface area contributed by atoms with Crippen molar-refractivity contribution in [3.8, 4) is 0 Å². The van der Waals surface area contributed by atoms with Gasteiger partial charge in [0.2, 0.25) is 5.95 Å². The van der Waals surface area contributed by atoms with Crippen molar-refractivity contribution in [2.24, 2.45) is 7.05 Å². The molecule has 8 heteroatoms. The van der Waals surface area contributed by atoms with E-state index < -0.39 is 5.97 Å². The van der Waals surface area contributed by atoms with Gasteiger partial charge in [-0.2, -0.15) is 0 Å². The van der Waals surface area contributed by atoms with Crippen LogP contribution in [0.4, 0.5) is 5.95 Å². The molecular weight excluding hydrogens is 224 g/mol. The molecule has 0 spiro atoms. The van der Waals surface area contributed by atoms with E-state index in [0.717, 1.165) is 5.95 Å². The van der Waals surface area contributed by atoms with E-state index in [9.17, 15) is 4.79 Å². The normalized spacial score (nSPS) is 10.4. The Morgan fingerprint density at radius 1 is 1.59 bits per heavy atom. The summed E-state index contributed by atoms with van der Waals surface area (Å²) in [4.78, 5) is 14.7. The lowest BCUT2D eigenvalue weighted by atomic mass is 10.5. The standard InChI is InChI=1S/C9H12N6O2/c1-14-4-2-10-9(14)11-3-5-15-6-7(8(16)17)12-13-15/h2,4,6H,3,5H2,1H3,(H,10,11)(H,16,17). The number of aromatic carboxylic acids is 1. The summed E-state index contributed by atoms with van der Waals surface area (Å²) in [6, 6.07) is 0. The van der Waals surface area contributed by atoms with E-state index in [-0.39, 0.29) is 5.69 Å². The number of hydrogen-bond donors (Lipinski definition) is 2. The molecule has 17 heavy (non-hydrogen) atoms. The zero-order chi connectivity index (χ0) is 12.3. The Labute approximate surface area is 96.9 Å². The van der Waals surface area contributed by atoms with Crippen molar-refractivity contribution in [1.82, 2.24) is 24.5 Å². The molecule has 2 N–H and O–H groups in total. The maximum absolute atomic E-state index is 10.6. The molecule has 0 aromatic carbocycles. The zero-order valence-electron chi connectivity index (χ0n) is 9.24. The van der Waals surface area contributed by atoms with Crippen LogP contribution in [0.3, 0.4) is 0 Å². The molecule has 0 aliphatic heterocycles. The Hall–Kier alpha value is -2.38. The van der Waals surface area contributed by atoms with Crippen LogP contribution in [0.2, 0.25) is 0 Å². The van der Waals surface area contributed by atoms with Gasteiger partial charge in [-0.25, -0.2) is 14.5 Å². The minimum atomic E-state index is -1.08. The van der Waals surface area contributed by atoms with Crippen molar-refractivity contribution in [3.05, 3.63) is 24.3 Å². The summed E-state index contributed by atoms with van der Waals surface area (Å²) in [6.07, 6.45) is 4.92. The van der Waals surface area contributed by atoms with Gasteiger partial charge in [-0.1, -0.05) is 5.21 Å². The summed E-state index contributed by atoms with van der Waals surface area (Å²) < 4.78 is 3.32. The highest BCUT2D eigenvalue weighted by molar-refractivity contribution is 5.84. The molecule has 0 amide bonds. The van der Waals surface area contributed by atoms with Crippen LogP contribution >= 0.6 is 0 Å². The van der Waals surface area contributed by atoms with Crippen molar-refractivity contribution in [2.75, 3.05) is 11.9 Å². The fraction of sp³-hybridized carbons (Fsp3) is 0.333. The summed E-state index contributed by atoms with van der Waals surface area (Å²) in [5.41, 5.74) is -0.0537. The molecule has 0 atom stereocenters. The van der Waals surface area contributed by atoms with Crippen molar-refractivity contribution in [2.45, 2.75) is 6.54 Å². The second-order valence-corrected chi connectivity index (χ2v) is 3.46. The molecular formula is C9H12N6O2. The van der Waals surface area contributed by atoms with Crippen LogP contribution in [-0.2, 0) is 13.6 Å². The second-order valence-electron chi connectivity index (χ2n) is 3.46. The van der Waals surface area contributed by atoms with Crippen molar-refractivity contribution in [1.29, 1.82) is 0 Å². The van der Waals surface area contributed by atoms with E-state index in [0.29, 0.717) is 13.1 Å². The number of carbonyl (C=O) groups is 1. The molecule has 0 aliphatic carbocycles. The summed E-state index contributed by atoms with van der Waals surface area (Å²) in [5.74, 6) is -0.322. The summed E-state index contributed by atoms with van der Waals surface area (Å²) in [6.45, 7) is 1.11. The van der Waals surface area contributed by atoms with Gasteiger partial charge in [0, 0.05) is 26.0 Å². The first-order valence-electron chi connectivity index (χ1n) is 5.01. The predicted molar refractivity (Wildman–Crippen MR) is 58.7 cm³/mol. The molecule has 0 unspecified atom stereocenters. The topological polar surface area (TPSA) is 97.9 Å². The lowest BCUT2D eigenvalue weighted by Crippen LogP contribution is -2.13. The molecule has 2 heterocycles. The smallest absolute Gasteiger partial charge is 0.358 e. The monoisotopic (exact) mass is 236 g/mol. The summed E-state index contributed by atoms with van der Waals surface area (Å²) in [5, 5.41) is 19.0. The Morgan fingerprint density at radius 2 is 2.41 bits per heavy atom. The van der Waals surface area contributed by atoms with Gasteiger partial charge >= 0.3 is 5.97 Å². The van der Waals surface area contributed by atoms with Gasteiger partial charge < -0.3 is 15.0 Å². The average molecular weight is 236 g/mol. The number of imidazole rings is 1. The van der Waals surface area contributed by atoms with Gasteiger partial charge in [0.15, 0.2) is 5.69 Å². The molecule has 0 saturated heterocycles. The molecule has 0 aliphatic rings. The molecule has 2 rings (SSSR count). The van der Waals surface area contributed by atoms with Crippen LogP contribution in [0, 0.1) is 0 Å². The highest BCUT2D eigenvalue weighted by Gasteiger charge is 2.07. The largest absolute Gasteiger partial charge is 0.476 e. The fourth-order valence-electron chi connectivity index (χ4n) is 1.32. The number of hydrogen-bond acceptors (Lipinski definition) is 5. The van der Waals surface area contributed by atoms with E-state index in [1.54, 1.807) is 6.20 Å². The lowest BCUT2D eigenvalue weighted by molar-refractivity contribution is 0.0690. The van der Waals surface area contributed by atoms with E-state index in [4.69, 9.17) is 5.11 Å². The molecule has 0 fully saturated rings. The molecule has 90 valence electrons. The Morgan fingerprint density at radius 3 is 3.00 bits per heavy atom. The van der Waals surface area contributed by atoms with Crippen molar-refractivity contribution >= 4 is 11.9 Å². The van der Waals surface area contributed by atoms with Gasteiger partial charge in [0.1, 0.15) is 0 Å². The van der Waals surface area contributed by atoms with Crippen LogP contribution in [0.15, 0.2) is 18.6 Å². The van der Waals surface area contributed by atoms with Crippen LogP contribution in [-0.4, -0.2) is 42.2 Å². The van der Waals surface area contributed by atoms with Gasteiger partial charge in [-0.05, 0) is 0 Å². The highest BCUT2D eigenvalue weighted by Crippen LogP contribution is 2.00. The number of aryl methyl sites for hydroxylation is 1. The number of nitrogens with one attached hydrogen (secondary N) is 1. The number of rotatable bonds is 5. The fourth-order valence-corrected chi connectivity index (χ4v) is 1.32. The number of carboxylic acid groups (broad SMARTS) is 1. The quantitative estimate of drug-likeness (QED) is 0.747. The third-order valence-electron chi connectivity index (χ3n) is 2.20. The Balaban J connectivity index is 1.86. The highest BCUT2D eigenvalue weighted by atomic mass is 16.4. The second kappa shape index (κ2) is 4.64. The van der Waals surface area contributed by atoms with Gasteiger partial charge in [-0.15, -0.1) is 5.10 Å². The Bertz CT molecular complexity index is 517. The van der Waals surface area contributed by atoms with Crippen LogP contribution in [0.25, 0.3) is 0 Å². The van der Waals surface area contributed by atoms with Crippen LogP contribution < -0.4 is 5.32 Å². The third kappa shape index (κ3) is 2.60.